The van der Waals surface area contributed by atoms with Gasteiger partial charge in [-0.25, -0.2) is 13.1 Å². The van der Waals surface area contributed by atoms with Gasteiger partial charge in [0, 0.05) is 19.0 Å². The minimum atomic E-state index is -3.89. The van der Waals surface area contributed by atoms with Crippen molar-refractivity contribution in [3.63, 3.8) is 0 Å². The molecule has 2 amide bonds. The van der Waals surface area contributed by atoms with Crippen molar-refractivity contribution in [3.8, 4) is 0 Å². The monoisotopic (exact) mass is 483 g/mol. The van der Waals surface area contributed by atoms with E-state index in [2.05, 4.69) is 16.0 Å². The molecule has 2 aromatic carbocycles. The molecule has 4 rings (SSSR count). The normalized spacial score (nSPS) is 16.8. The van der Waals surface area contributed by atoms with E-state index < -0.39 is 27.9 Å². The highest BCUT2D eigenvalue weighted by Gasteiger charge is 2.37. The number of carbonyl (C=O) groups is 2. The first-order valence-electron chi connectivity index (χ1n) is 10.8. The van der Waals surface area contributed by atoms with Gasteiger partial charge in [-0.15, -0.1) is 0 Å². The summed E-state index contributed by atoms with van der Waals surface area (Å²) in [6, 6.07) is 12.0. The Morgan fingerprint density at radius 3 is 2.38 bits per heavy atom. The SMILES string of the molecule is Cc1ccc(S(=O)(=O)N2CCCC[C@@H]2C(=O)NNC(=O)c2nn(C)c(=O)c3ccccc23)cc1. The van der Waals surface area contributed by atoms with E-state index in [0.717, 1.165) is 10.2 Å². The van der Waals surface area contributed by atoms with Gasteiger partial charge >= 0.3 is 0 Å². The fraction of sp³-hybridized carbons (Fsp3) is 0.304. The summed E-state index contributed by atoms with van der Waals surface area (Å²) < 4.78 is 28.6. The topological polar surface area (TPSA) is 130 Å². The predicted molar refractivity (Wildman–Crippen MR) is 125 cm³/mol. The Morgan fingerprint density at radius 2 is 1.68 bits per heavy atom. The van der Waals surface area contributed by atoms with Gasteiger partial charge in [0.05, 0.1) is 10.3 Å². The largest absolute Gasteiger partial charge is 0.290 e. The van der Waals surface area contributed by atoms with E-state index in [4.69, 9.17) is 0 Å². The second-order valence-electron chi connectivity index (χ2n) is 8.21. The first-order valence-corrected chi connectivity index (χ1v) is 12.3. The van der Waals surface area contributed by atoms with Crippen molar-refractivity contribution in [2.24, 2.45) is 7.05 Å². The number of aromatic nitrogens is 2. The molecular weight excluding hydrogens is 458 g/mol. The summed E-state index contributed by atoms with van der Waals surface area (Å²) in [5.74, 6) is -1.36. The maximum atomic E-state index is 13.2. The number of benzene rings is 2. The molecule has 0 spiro atoms. The molecule has 2 N–H and O–H groups in total. The van der Waals surface area contributed by atoms with Crippen LogP contribution in [0.25, 0.3) is 10.8 Å². The molecule has 0 unspecified atom stereocenters. The molecule has 1 fully saturated rings. The summed E-state index contributed by atoms with van der Waals surface area (Å²) in [6.45, 7) is 2.06. The number of nitrogens with one attached hydrogen (secondary N) is 2. The Bertz CT molecular complexity index is 1420. The number of hydrogen-bond donors (Lipinski definition) is 2. The van der Waals surface area contributed by atoms with Gasteiger partial charge in [0.1, 0.15) is 6.04 Å². The molecule has 1 aliphatic heterocycles. The van der Waals surface area contributed by atoms with Crippen LogP contribution in [-0.4, -0.2) is 46.9 Å². The number of hydrazine groups is 1. The first-order chi connectivity index (χ1) is 16.2. The molecule has 10 nitrogen and oxygen atoms in total. The zero-order valence-electron chi connectivity index (χ0n) is 18.8. The lowest BCUT2D eigenvalue weighted by atomic mass is 10.0. The molecule has 0 saturated carbocycles. The van der Waals surface area contributed by atoms with E-state index in [1.54, 1.807) is 36.4 Å². The summed E-state index contributed by atoms with van der Waals surface area (Å²) in [6.07, 6.45) is 1.64. The number of fused-ring (bicyclic) bond motifs is 1. The molecular formula is C23H25N5O5S. The van der Waals surface area contributed by atoms with E-state index in [9.17, 15) is 22.8 Å². The molecule has 3 aromatic rings. The number of nitrogens with zero attached hydrogens (tertiary/aromatic N) is 3. The number of amides is 2. The van der Waals surface area contributed by atoms with Crippen LogP contribution in [0.5, 0.6) is 0 Å². The van der Waals surface area contributed by atoms with Crippen LogP contribution in [0.1, 0.15) is 35.3 Å². The van der Waals surface area contributed by atoms with Crippen molar-refractivity contribution >= 4 is 32.6 Å². The standard InChI is InChI=1S/C23H25N5O5S/c1-15-10-12-16(13-11-15)34(32,33)28-14-6-5-9-19(28)21(29)24-25-22(30)20-17-7-3-4-8-18(17)23(31)27(2)26-20/h3-4,7-8,10-13,19H,5-6,9,14H2,1-2H3,(H,24,29)(H,25,30)/t19-/m1/s1. The Morgan fingerprint density at radius 1 is 1.00 bits per heavy atom. The average Bonchev–Trinajstić information content (AvgIpc) is 2.85. The molecule has 0 aliphatic carbocycles. The second-order valence-corrected chi connectivity index (χ2v) is 10.1. The lowest BCUT2D eigenvalue weighted by molar-refractivity contribution is -0.126. The van der Waals surface area contributed by atoms with Gasteiger partial charge in [-0.05, 0) is 38.0 Å². The van der Waals surface area contributed by atoms with Crippen LogP contribution in [0.3, 0.4) is 0 Å². The van der Waals surface area contributed by atoms with Crippen LogP contribution in [0.15, 0.2) is 58.2 Å². The van der Waals surface area contributed by atoms with E-state index in [-0.39, 0.29) is 22.7 Å². The van der Waals surface area contributed by atoms with E-state index in [1.165, 1.54) is 23.5 Å². The van der Waals surface area contributed by atoms with Crippen LogP contribution in [0.4, 0.5) is 0 Å². The highest BCUT2D eigenvalue weighted by Crippen LogP contribution is 2.25. The van der Waals surface area contributed by atoms with Gasteiger partial charge < -0.3 is 0 Å². The van der Waals surface area contributed by atoms with Crippen LogP contribution in [-0.2, 0) is 21.9 Å². The van der Waals surface area contributed by atoms with Gasteiger partial charge in [-0.2, -0.15) is 9.40 Å². The van der Waals surface area contributed by atoms with Gasteiger partial charge in [-0.3, -0.25) is 25.2 Å². The Balaban J connectivity index is 1.54. The number of aryl methyl sites for hydroxylation is 2. The summed E-state index contributed by atoms with van der Waals surface area (Å²) in [7, 11) is -2.46. The molecule has 0 bridgehead atoms. The molecule has 0 radical (unpaired) electrons. The molecule has 34 heavy (non-hydrogen) atoms. The fourth-order valence-corrected chi connectivity index (χ4v) is 5.69. The van der Waals surface area contributed by atoms with Crippen LogP contribution < -0.4 is 16.4 Å². The lowest BCUT2D eigenvalue weighted by Gasteiger charge is -2.33. The van der Waals surface area contributed by atoms with Crippen molar-refractivity contribution in [2.75, 3.05) is 6.54 Å². The quantitative estimate of drug-likeness (QED) is 0.537. The van der Waals surface area contributed by atoms with Gasteiger partial charge in [0.15, 0.2) is 5.69 Å². The van der Waals surface area contributed by atoms with Crippen LogP contribution >= 0.6 is 0 Å². The molecule has 1 aliphatic rings. The minimum Gasteiger partial charge on any atom is -0.271 e. The molecule has 178 valence electrons. The van der Waals surface area contributed by atoms with Crippen LogP contribution in [0.2, 0.25) is 0 Å². The number of carbonyl (C=O) groups excluding carboxylic acids is 2. The smallest absolute Gasteiger partial charge is 0.271 e. The number of sulfonamides is 1. The fourth-order valence-electron chi connectivity index (χ4n) is 4.03. The lowest BCUT2D eigenvalue weighted by Crippen LogP contribution is -2.55. The van der Waals surface area contributed by atoms with Gasteiger partial charge in [0.2, 0.25) is 10.0 Å². The Hall–Kier alpha value is -3.57. The van der Waals surface area contributed by atoms with Crippen molar-refractivity contribution in [2.45, 2.75) is 37.1 Å². The van der Waals surface area contributed by atoms with E-state index >= 15 is 0 Å². The summed E-state index contributed by atoms with van der Waals surface area (Å²) in [5, 5.41) is 4.69. The molecule has 2 heterocycles. The summed E-state index contributed by atoms with van der Waals surface area (Å²) >= 11 is 0. The van der Waals surface area contributed by atoms with Gasteiger partial charge in [0.25, 0.3) is 17.4 Å². The van der Waals surface area contributed by atoms with Crippen molar-refractivity contribution in [3.05, 3.63) is 70.1 Å². The first kappa shape index (κ1) is 23.6. The second kappa shape index (κ2) is 9.35. The number of hydrogen-bond acceptors (Lipinski definition) is 6. The number of piperidine rings is 1. The molecule has 1 aromatic heterocycles. The number of rotatable bonds is 4. The van der Waals surface area contributed by atoms with E-state index in [0.29, 0.717) is 30.0 Å². The third kappa shape index (κ3) is 4.44. The van der Waals surface area contributed by atoms with Crippen molar-refractivity contribution in [1.29, 1.82) is 0 Å². The minimum absolute atomic E-state index is 0.0363. The van der Waals surface area contributed by atoms with Gasteiger partial charge in [-0.1, -0.05) is 42.3 Å². The molecule has 11 heteroatoms. The highest BCUT2D eigenvalue weighted by atomic mass is 32.2. The molecule has 1 saturated heterocycles. The zero-order chi connectivity index (χ0) is 24.5. The third-order valence-corrected chi connectivity index (χ3v) is 7.78. The maximum absolute atomic E-state index is 13.2. The summed E-state index contributed by atoms with van der Waals surface area (Å²) in [4.78, 5) is 38.2. The van der Waals surface area contributed by atoms with Crippen molar-refractivity contribution < 1.29 is 18.0 Å². The average molecular weight is 484 g/mol. The zero-order valence-corrected chi connectivity index (χ0v) is 19.6. The predicted octanol–water partition coefficient (Wildman–Crippen LogP) is 1.25. The molecule has 1 atom stereocenters. The Kier molecular flexibility index (Phi) is 6.49. The Labute approximate surface area is 196 Å². The highest BCUT2D eigenvalue weighted by molar-refractivity contribution is 7.89. The maximum Gasteiger partial charge on any atom is 0.290 e. The summed E-state index contributed by atoms with van der Waals surface area (Å²) in [5.41, 5.74) is 5.19. The third-order valence-electron chi connectivity index (χ3n) is 5.85. The van der Waals surface area contributed by atoms with Crippen LogP contribution in [0, 0.1) is 6.92 Å². The van der Waals surface area contributed by atoms with E-state index in [1.807, 2.05) is 6.92 Å². The van der Waals surface area contributed by atoms with Crippen molar-refractivity contribution in [1.82, 2.24) is 24.9 Å².